The van der Waals surface area contributed by atoms with Crippen molar-refractivity contribution in [2.24, 2.45) is 0 Å². The Morgan fingerprint density at radius 2 is 1.63 bits per heavy atom. The molecule has 5 nitrogen and oxygen atoms in total. The summed E-state index contributed by atoms with van der Waals surface area (Å²) < 4.78 is 1.97. The van der Waals surface area contributed by atoms with Crippen molar-refractivity contribution < 1.29 is 9.59 Å². The number of hydrogen-bond donors (Lipinski definition) is 1. The number of likely N-dealkylation sites (N-methyl/N-ethyl adjacent to an activating group) is 1. The molecule has 0 saturated heterocycles. The van der Waals surface area contributed by atoms with E-state index in [1.54, 1.807) is 19.2 Å². The van der Waals surface area contributed by atoms with E-state index in [1.807, 2.05) is 72.4 Å². The Balaban J connectivity index is 1.62. The third-order valence-electron chi connectivity index (χ3n) is 4.42. The Kier molecular flexibility index (Phi) is 5.71. The predicted molar refractivity (Wildman–Crippen MR) is 107 cm³/mol. The minimum absolute atomic E-state index is 0.00374. The maximum atomic E-state index is 12.6. The lowest BCUT2D eigenvalue weighted by Gasteiger charge is -2.18. The lowest BCUT2D eigenvalue weighted by molar-refractivity contribution is -0.116. The van der Waals surface area contributed by atoms with Gasteiger partial charge in [-0.05, 0) is 54.4 Å². The van der Waals surface area contributed by atoms with Crippen LogP contribution < -0.4 is 5.32 Å². The summed E-state index contributed by atoms with van der Waals surface area (Å²) >= 11 is 0. The van der Waals surface area contributed by atoms with Crippen molar-refractivity contribution in [3.05, 3.63) is 84.2 Å². The second-order valence-corrected chi connectivity index (χ2v) is 6.36. The number of amides is 2. The van der Waals surface area contributed by atoms with Gasteiger partial charge in [-0.3, -0.25) is 9.59 Å². The molecule has 5 heteroatoms. The van der Waals surface area contributed by atoms with Crippen LogP contribution in [0.15, 0.2) is 73.1 Å². The highest BCUT2D eigenvalue weighted by Crippen LogP contribution is 2.16. The van der Waals surface area contributed by atoms with Crippen LogP contribution in [0.5, 0.6) is 0 Å². The van der Waals surface area contributed by atoms with Crippen LogP contribution in [0.2, 0.25) is 0 Å². The SMILES string of the molecule is CCc1ccccc1NC(=O)CN(C)C(=O)c1ccc(-n2cccc2)cc1. The van der Waals surface area contributed by atoms with Crippen LogP contribution in [0, 0.1) is 0 Å². The number of hydrogen-bond acceptors (Lipinski definition) is 2. The van der Waals surface area contributed by atoms with E-state index in [-0.39, 0.29) is 18.4 Å². The average molecular weight is 361 g/mol. The molecule has 0 bridgehead atoms. The molecule has 0 unspecified atom stereocenters. The summed E-state index contributed by atoms with van der Waals surface area (Å²) in [5.41, 5.74) is 3.39. The number of nitrogens with one attached hydrogen (secondary N) is 1. The highest BCUT2D eigenvalue weighted by atomic mass is 16.2. The number of carbonyl (C=O) groups excluding carboxylic acids is 2. The topological polar surface area (TPSA) is 54.3 Å². The molecule has 0 atom stereocenters. The van der Waals surface area contributed by atoms with Gasteiger partial charge in [-0.15, -0.1) is 0 Å². The van der Waals surface area contributed by atoms with Crippen LogP contribution in [0.3, 0.4) is 0 Å². The molecule has 0 aliphatic heterocycles. The fourth-order valence-corrected chi connectivity index (χ4v) is 2.93. The summed E-state index contributed by atoms with van der Waals surface area (Å²) in [5, 5.41) is 2.89. The van der Waals surface area contributed by atoms with E-state index in [1.165, 1.54) is 4.90 Å². The molecule has 1 N–H and O–H groups in total. The number of para-hydroxylation sites is 1. The second kappa shape index (κ2) is 8.36. The second-order valence-electron chi connectivity index (χ2n) is 6.36. The number of nitrogens with zero attached hydrogens (tertiary/aromatic N) is 2. The summed E-state index contributed by atoms with van der Waals surface area (Å²) in [6, 6.07) is 18.9. The van der Waals surface area contributed by atoms with Crippen molar-refractivity contribution in [3.63, 3.8) is 0 Å². The molecule has 1 heterocycles. The van der Waals surface area contributed by atoms with Gasteiger partial charge in [-0.2, -0.15) is 0 Å². The fourth-order valence-electron chi connectivity index (χ4n) is 2.93. The molecule has 0 fully saturated rings. The smallest absolute Gasteiger partial charge is 0.254 e. The Labute approximate surface area is 159 Å². The molecular formula is C22H23N3O2. The number of aromatic nitrogens is 1. The van der Waals surface area contributed by atoms with Gasteiger partial charge in [0.2, 0.25) is 5.91 Å². The summed E-state index contributed by atoms with van der Waals surface area (Å²) in [4.78, 5) is 26.3. The van der Waals surface area contributed by atoms with Gasteiger partial charge < -0.3 is 14.8 Å². The average Bonchev–Trinajstić information content (AvgIpc) is 3.22. The summed E-state index contributed by atoms with van der Waals surface area (Å²) in [6.45, 7) is 2.04. The van der Waals surface area contributed by atoms with Gasteiger partial charge in [-0.1, -0.05) is 25.1 Å². The summed E-state index contributed by atoms with van der Waals surface area (Å²) in [7, 11) is 1.63. The Morgan fingerprint density at radius 1 is 0.963 bits per heavy atom. The quantitative estimate of drug-likeness (QED) is 0.727. The normalized spacial score (nSPS) is 10.4. The number of benzene rings is 2. The molecule has 0 radical (unpaired) electrons. The molecule has 138 valence electrons. The lowest BCUT2D eigenvalue weighted by atomic mass is 10.1. The van der Waals surface area contributed by atoms with Crippen molar-refractivity contribution in [1.82, 2.24) is 9.47 Å². The van der Waals surface area contributed by atoms with Gasteiger partial charge in [0.15, 0.2) is 0 Å². The molecule has 1 aromatic heterocycles. The predicted octanol–water partition coefficient (Wildman–Crippen LogP) is 3.75. The standard InChI is InChI=1S/C22H23N3O2/c1-3-17-8-4-5-9-20(17)23-21(26)16-24(2)22(27)18-10-12-19(13-11-18)25-14-6-7-15-25/h4-15H,3,16H2,1-2H3,(H,23,26). The van der Waals surface area contributed by atoms with Crippen LogP contribution in [-0.2, 0) is 11.2 Å². The van der Waals surface area contributed by atoms with E-state index < -0.39 is 0 Å². The molecule has 0 saturated carbocycles. The molecular weight excluding hydrogens is 338 g/mol. The molecule has 3 rings (SSSR count). The zero-order chi connectivity index (χ0) is 19.2. The molecule has 2 aromatic carbocycles. The first-order valence-electron chi connectivity index (χ1n) is 8.95. The summed E-state index contributed by atoms with van der Waals surface area (Å²) in [6.07, 6.45) is 4.72. The van der Waals surface area contributed by atoms with Gasteiger partial charge >= 0.3 is 0 Å². The minimum atomic E-state index is -0.212. The highest BCUT2D eigenvalue weighted by molar-refractivity contribution is 5.99. The van der Waals surface area contributed by atoms with Crippen LogP contribution in [-0.4, -0.2) is 34.9 Å². The molecule has 27 heavy (non-hydrogen) atoms. The maximum Gasteiger partial charge on any atom is 0.254 e. The Morgan fingerprint density at radius 3 is 2.30 bits per heavy atom. The van der Waals surface area contributed by atoms with Crippen molar-refractivity contribution in [2.45, 2.75) is 13.3 Å². The first-order chi connectivity index (χ1) is 13.1. The van der Waals surface area contributed by atoms with Crippen LogP contribution in [0.25, 0.3) is 5.69 Å². The number of anilines is 1. The van der Waals surface area contributed by atoms with E-state index >= 15 is 0 Å². The van der Waals surface area contributed by atoms with Gasteiger partial charge in [0, 0.05) is 36.4 Å². The fraction of sp³-hybridized carbons (Fsp3) is 0.182. The molecule has 2 amide bonds. The first-order valence-corrected chi connectivity index (χ1v) is 8.95. The van der Waals surface area contributed by atoms with Crippen molar-refractivity contribution >= 4 is 17.5 Å². The minimum Gasteiger partial charge on any atom is -0.332 e. The van der Waals surface area contributed by atoms with Crippen molar-refractivity contribution in [1.29, 1.82) is 0 Å². The van der Waals surface area contributed by atoms with Gasteiger partial charge in [0.05, 0.1) is 6.54 Å². The third kappa shape index (κ3) is 4.44. The zero-order valence-corrected chi connectivity index (χ0v) is 15.6. The zero-order valence-electron chi connectivity index (χ0n) is 15.6. The molecule has 0 aliphatic rings. The number of carbonyl (C=O) groups is 2. The van der Waals surface area contributed by atoms with Crippen molar-refractivity contribution in [3.8, 4) is 5.69 Å². The van der Waals surface area contributed by atoms with E-state index in [2.05, 4.69) is 5.32 Å². The van der Waals surface area contributed by atoms with Crippen LogP contribution in [0.1, 0.15) is 22.8 Å². The third-order valence-corrected chi connectivity index (χ3v) is 4.42. The number of rotatable bonds is 6. The van der Waals surface area contributed by atoms with Crippen LogP contribution >= 0.6 is 0 Å². The Hall–Kier alpha value is -3.34. The maximum absolute atomic E-state index is 12.6. The lowest BCUT2D eigenvalue weighted by Crippen LogP contribution is -2.35. The monoisotopic (exact) mass is 361 g/mol. The number of aryl methyl sites for hydroxylation is 1. The Bertz CT molecular complexity index is 915. The molecule has 0 aliphatic carbocycles. The van der Waals surface area contributed by atoms with E-state index in [9.17, 15) is 9.59 Å². The largest absolute Gasteiger partial charge is 0.332 e. The van der Waals surface area contributed by atoms with Gasteiger partial charge in [-0.25, -0.2) is 0 Å². The van der Waals surface area contributed by atoms with Crippen molar-refractivity contribution in [2.75, 3.05) is 18.9 Å². The summed E-state index contributed by atoms with van der Waals surface area (Å²) in [5.74, 6) is -0.399. The van der Waals surface area contributed by atoms with Gasteiger partial charge in [0.1, 0.15) is 0 Å². The van der Waals surface area contributed by atoms with E-state index in [0.717, 1.165) is 23.4 Å². The molecule has 0 spiro atoms. The first kappa shape index (κ1) is 18.5. The van der Waals surface area contributed by atoms with E-state index in [4.69, 9.17) is 0 Å². The highest BCUT2D eigenvalue weighted by Gasteiger charge is 2.15. The van der Waals surface area contributed by atoms with E-state index in [0.29, 0.717) is 5.56 Å². The van der Waals surface area contributed by atoms with Crippen LogP contribution in [0.4, 0.5) is 5.69 Å². The van der Waals surface area contributed by atoms with Gasteiger partial charge in [0.25, 0.3) is 5.91 Å². The molecule has 3 aromatic rings.